The number of rotatable bonds is 6. The van der Waals surface area contributed by atoms with Crippen LogP contribution in [-0.4, -0.2) is 54.4 Å². The van der Waals surface area contributed by atoms with E-state index in [0.717, 1.165) is 25.2 Å². The van der Waals surface area contributed by atoms with Crippen LogP contribution < -0.4 is 5.32 Å². The molecule has 1 fully saturated rings. The lowest BCUT2D eigenvalue weighted by Crippen LogP contribution is -2.40. The Morgan fingerprint density at radius 3 is 2.96 bits per heavy atom. The van der Waals surface area contributed by atoms with Crippen molar-refractivity contribution in [3.63, 3.8) is 0 Å². The lowest BCUT2D eigenvalue weighted by atomic mass is 10.1. The Morgan fingerprint density at radius 2 is 2.21 bits per heavy atom. The second-order valence-electron chi connectivity index (χ2n) is 5.97. The van der Waals surface area contributed by atoms with E-state index in [9.17, 15) is 4.79 Å². The van der Waals surface area contributed by atoms with E-state index in [4.69, 9.17) is 9.26 Å². The lowest BCUT2D eigenvalue weighted by Gasteiger charge is -2.20. The maximum absolute atomic E-state index is 12.1. The second-order valence-corrected chi connectivity index (χ2v) is 5.97. The Labute approximate surface area is 141 Å². The summed E-state index contributed by atoms with van der Waals surface area (Å²) in [6.45, 7) is 2.72. The van der Waals surface area contributed by atoms with Gasteiger partial charge in [0.15, 0.2) is 5.82 Å². The molecule has 2 heterocycles. The summed E-state index contributed by atoms with van der Waals surface area (Å²) >= 11 is 0. The van der Waals surface area contributed by atoms with Gasteiger partial charge in [-0.1, -0.05) is 23.4 Å². The summed E-state index contributed by atoms with van der Waals surface area (Å²) < 4.78 is 10.6. The van der Waals surface area contributed by atoms with E-state index in [0.29, 0.717) is 37.1 Å². The van der Waals surface area contributed by atoms with Gasteiger partial charge in [-0.3, -0.25) is 0 Å². The number of carbonyl (C=O) groups is 1. The second kappa shape index (κ2) is 7.92. The van der Waals surface area contributed by atoms with Crippen molar-refractivity contribution in [3.8, 4) is 11.5 Å². The molecule has 1 aromatic heterocycles. The van der Waals surface area contributed by atoms with Crippen molar-refractivity contribution in [2.75, 3.05) is 33.4 Å². The van der Waals surface area contributed by atoms with Crippen molar-refractivity contribution in [1.82, 2.24) is 20.4 Å². The van der Waals surface area contributed by atoms with E-state index < -0.39 is 0 Å². The van der Waals surface area contributed by atoms with E-state index in [1.165, 1.54) is 0 Å². The number of hydrogen-bond acceptors (Lipinski definition) is 5. The number of amides is 2. The van der Waals surface area contributed by atoms with E-state index in [1.807, 2.05) is 30.3 Å². The minimum Gasteiger partial charge on any atom is -0.381 e. The summed E-state index contributed by atoms with van der Waals surface area (Å²) in [5.41, 5.74) is 0.888. The number of benzene rings is 1. The topological polar surface area (TPSA) is 80.5 Å². The number of carbonyl (C=O) groups excluding carboxylic acids is 1. The van der Waals surface area contributed by atoms with Gasteiger partial charge < -0.3 is 19.5 Å². The highest BCUT2D eigenvalue weighted by atomic mass is 16.5. The van der Waals surface area contributed by atoms with E-state index >= 15 is 0 Å². The van der Waals surface area contributed by atoms with Gasteiger partial charge in [0.05, 0.1) is 6.61 Å². The van der Waals surface area contributed by atoms with E-state index in [2.05, 4.69) is 15.5 Å². The zero-order valence-corrected chi connectivity index (χ0v) is 13.8. The molecule has 7 heteroatoms. The molecule has 1 N–H and O–H groups in total. The molecule has 3 rings (SSSR count). The predicted octanol–water partition coefficient (Wildman–Crippen LogP) is 1.96. The van der Waals surface area contributed by atoms with Crippen LogP contribution in [0.1, 0.15) is 12.2 Å². The van der Waals surface area contributed by atoms with Crippen LogP contribution in [0.3, 0.4) is 0 Å². The molecule has 0 unspecified atom stereocenters. The third-order valence-electron chi connectivity index (χ3n) is 4.02. The molecule has 0 aliphatic carbocycles. The van der Waals surface area contributed by atoms with Crippen LogP contribution in [0.5, 0.6) is 0 Å². The molecular formula is C17H22N4O3. The quantitative estimate of drug-likeness (QED) is 0.876. The van der Waals surface area contributed by atoms with Crippen molar-refractivity contribution in [1.29, 1.82) is 0 Å². The summed E-state index contributed by atoms with van der Waals surface area (Å²) in [6, 6.07) is 9.52. The molecule has 1 aliphatic rings. The fourth-order valence-electron chi connectivity index (χ4n) is 2.67. The number of nitrogens with zero attached hydrogens (tertiary/aromatic N) is 3. The summed E-state index contributed by atoms with van der Waals surface area (Å²) in [4.78, 5) is 18.1. The van der Waals surface area contributed by atoms with Crippen LogP contribution in [-0.2, 0) is 11.2 Å². The Bertz CT molecular complexity index is 653. The van der Waals surface area contributed by atoms with Crippen LogP contribution in [0, 0.1) is 5.92 Å². The third-order valence-corrected chi connectivity index (χ3v) is 4.02. The third kappa shape index (κ3) is 4.32. The van der Waals surface area contributed by atoms with Crippen LogP contribution in [0.25, 0.3) is 11.5 Å². The average molecular weight is 330 g/mol. The highest BCUT2D eigenvalue weighted by Crippen LogP contribution is 2.16. The molecule has 1 atom stereocenters. The first kappa shape index (κ1) is 16.4. The number of nitrogens with one attached hydrogen (secondary N) is 1. The summed E-state index contributed by atoms with van der Waals surface area (Å²) in [6.07, 6.45) is 1.55. The first-order chi connectivity index (χ1) is 11.7. The van der Waals surface area contributed by atoms with Crippen molar-refractivity contribution in [3.05, 3.63) is 36.2 Å². The molecule has 2 aromatic rings. The summed E-state index contributed by atoms with van der Waals surface area (Å²) in [5, 5.41) is 6.83. The largest absolute Gasteiger partial charge is 0.381 e. The minimum absolute atomic E-state index is 0.0892. The number of aromatic nitrogens is 2. The maximum atomic E-state index is 12.1. The SMILES string of the molecule is CN(C[C@H]1CCOC1)C(=O)NCCc1noc(-c2ccccc2)n1. The number of ether oxygens (including phenoxy) is 1. The Morgan fingerprint density at radius 1 is 1.38 bits per heavy atom. The number of hydrogen-bond donors (Lipinski definition) is 1. The van der Waals surface area contributed by atoms with Crippen molar-refractivity contribution < 1.29 is 14.1 Å². The van der Waals surface area contributed by atoms with Crippen LogP contribution in [0.2, 0.25) is 0 Å². The fraction of sp³-hybridized carbons (Fsp3) is 0.471. The van der Waals surface area contributed by atoms with E-state index in [1.54, 1.807) is 11.9 Å². The zero-order valence-electron chi connectivity index (χ0n) is 13.8. The smallest absolute Gasteiger partial charge is 0.317 e. The van der Waals surface area contributed by atoms with Crippen LogP contribution in [0.4, 0.5) is 4.79 Å². The minimum atomic E-state index is -0.0892. The molecule has 0 radical (unpaired) electrons. The van der Waals surface area contributed by atoms with Gasteiger partial charge in [0.25, 0.3) is 5.89 Å². The van der Waals surface area contributed by atoms with Crippen molar-refractivity contribution >= 4 is 6.03 Å². The summed E-state index contributed by atoms with van der Waals surface area (Å²) in [7, 11) is 1.80. The molecule has 0 spiro atoms. The van der Waals surface area contributed by atoms with Crippen molar-refractivity contribution in [2.24, 2.45) is 5.92 Å². The molecule has 1 aliphatic heterocycles. The Hall–Kier alpha value is -2.41. The molecule has 24 heavy (non-hydrogen) atoms. The van der Waals surface area contributed by atoms with Gasteiger partial charge in [0.1, 0.15) is 0 Å². The number of urea groups is 1. The van der Waals surface area contributed by atoms with Gasteiger partial charge >= 0.3 is 6.03 Å². The maximum Gasteiger partial charge on any atom is 0.317 e. The molecule has 0 saturated carbocycles. The molecule has 1 aromatic carbocycles. The predicted molar refractivity (Wildman–Crippen MR) is 88.4 cm³/mol. The van der Waals surface area contributed by atoms with Crippen LogP contribution >= 0.6 is 0 Å². The van der Waals surface area contributed by atoms with Gasteiger partial charge in [-0.15, -0.1) is 0 Å². The van der Waals surface area contributed by atoms with Gasteiger partial charge in [-0.2, -0.15) is 4.98 Å². The molecule has 2 amide bonds. The fourth-order valence-corrected chi connectivity index (χ4v) is 2.67. The zero-order chi connectivity index (χ0) is 16.8. The molecule has 7 nitrogen and oxygen atoms in total. The van der Waals surface area contributed by atoms with Gasteiger partial charge in [0.2, 0.25) is 0 Å². The molecule has 0 bridgehead atoms. The first-order valence-corrected chi connectivity index (χ1v) is 8.17. The molecular weight excluding hydrogens is 308 g/mol. The van der Waals surface area contributed by atoms with Crippen molar-refractivity contribution in [2.45, 2.75) is 12.8 Å². The summed E-state index contributed by atoms with van der Waals surface area (Å²) in [5.74, 6) is 1.52. The molecule has 128 valence electrons. The van der Waals surface area contributed by atoms with Gasteiger partial charge in [-0.05, 0) is 18.6 Å². The average Bonchev–Trinajstić information content (AvgIpc) is 3.27. The van der Waals surface area contributed by atoms with Crippen LogP contribution in [0.15, 0.2) is 34.9 Å². The normalized spacial score (nSPS) is 17.0. The van der Waals surface area contributed by atoms with E-state index in [-0.39, 0.29) is 6.03 Å². The highest BCUT2D eigenvalue weighted by molar-refractivity contribution is 5.73. The van der Waals surface area contributed by atoms with Gasteiger partial charge in [-0.25, -0.2) is 4.79 Å². The monoisotopic (exact) mass is 330 g/mol. The molecule has 1 saturated heterocycles. The first-order valence-electron chi connectivity index (χ1n) is 8.17. The Balaban J connectivity index is 1.43. The van der Waals surface area contributed by atoms with Gasteiger partial charge in [0, 0.05) is 44.6 Å². The lowest BCUT2D eigenvalue weighted by molar-refractivity contribution is 0.171. The Kier molecular flexibility index (Phi) is 5.43. The highest BCUT2D eigenvalue weighted by Gasteiger charge is 2.19. The standard InChI is InChI=1S/C17H22N4O3/c1-21(11-13-8-10-23-12-13)17(22)18-9-7-15-19-16(24-20-15)14-5-3-2-4-6-14/h2-6,13H,7-12H2,1H3,(H,18,22)/t13-/m1/s1.